The number of aliphatic carboxylic acids is 1. The molecular formula is C9H15NO4. The highest BCUT2D eigenvalue weighted by Crippen LogP contribution is 2.15. The highest BCUT2D eigenvalue weighted by molar-refractivity contribution is 5.79. The molecule has 0 aliphatic heterocycles. The quantitative estimate of drug-likeness (QED) is 0.543. The van der Waals surface area contributed by atoms with Crippen molar-refractivity contribution >= 4 is 12.0 Å². The molecule has 0 aliphatic carbocycles. The lowest BCUT2D eigenvalue weighted by Gasteiger charge is -2.25. The Labute approximate surface area is 82.8 Å². The fraction of sp³-hybridized carbons (Fsp3) is 0.778. The summed E-state index contributed by atoms with van der Waals surface area (Å²) in [5.74, 6) is -1.20. The number of ether oxygens (including phenoxy) is 1. The molecule has 0 heterocycles. The van der Waals surface area contributed by atoms with E-state index in [0.29, 0.717) is 0 Å². The summed E-state index contributed by atoms with van der Waals surface area (Å²) in [7, 11) is 0. The Morgan fingerprint density at radius 3 is 2.21 bits per heavy atom. The Balaban J connectivity index is 4.55. The van der Waals surface area contributed by atoms with Crippen LogP contribution < -0.4 is 0 Å². The molecular weight excluding hydrogens is 186 g/mol. The lowest BCUT2D eigenvalue weighted by Crippen LogP contribution is -2.40. The van der Waals surface area contributed by atoms with Gasteiger partial charge in [0.05, 0.1) is 12.2 Å². The number of aliphatic imine (C=N–C) groups is 1. The van der Waals surface area contributed by atoms with E-state index < -0.39 is 17.1 Å². The van der Waals surface area contributed by atoms with Crippen LogP contribution in [-0.4, -0.2) is 34.9 Å². The average Bonchev–Trinajstić information content (AvgIpc) is 2.00. The first kappa shape index (κ1) is 12.8. The van der Waals surface area contributed by atoms with Gasteiger partial charge in [0.25, 0.3) is 0 Å². The van der Waals surface area contributed by atoms with E-state index >= 15 is 0 Å². The summed E-state index contributed by atoms with van der Waals surface area (Å²) >= 11 is 0. The molecule has 0 aliphatic rings. The zero-order valence-electron chi connectivity index (χ0n) is 8.83. The molecule has 0 radical (unpaired) electrons. The van der Waals surface area contributed by atoms with Gasteiger partial charge in [0.1, 0.15) is 0 Å². The predicted molar refractivity (Wildman–Crippen MR) is 49.9 cm³/mol. The number of rotatable bonds is 4. The Morgan fingerprint density at radius 1 is 1.43 bits per heavy atom. The second kappa shape index (κ2) is 4.35. The summed E-state index contributed by atoms with van der Waals surface area (Å²) in [4.78, 5) is 24.0. The molecule has 5 nitrogen and oxygen atoms in total. The number of nitrogens with zero attached hydrogens (tertiary/aromatic N) is 1. The van der Waals surface area contributed by atoms with Crippen molar-refractivity contribution in [2.45, 2.75) is 38.8 Å². The topological polar surface area (TPSA) is 76.0 Å². The molecule has 1 N–H and O–H groups in total. The minimum Gasteiger partial charge on any atom is -0.479 e. The van der Waals surface area contributed by atoms with Gasteiger partial charge in [0.15, 0.2) is 5.54 Å². The maximum atomic E-state index is 10.8. The van der Waals surface area contributed by atoms with E-state index in [4.69, 9.17) is 9.84 Å². The van der Waals surface area contributed by atoms with Crippen molar-refractivity contribution in [3.05, 3.63) is 0 Å². The third kappa shape index (κ3) is 4.16. The van der Waals surface area contributed by atoms with Crippen LogP contribution in [0.4, 0.5) is 0 Å². The van der Waals surface area contributed by atoms with Crippen LogP contribution in [0, 0.1) is 0 Å². The molecule has 0 spiro atoms. The van der Waals surface area contributed by atoms with E-state index in [9.17, 15) is 9.59 Å². The first-order valence-electron chi connectivity index (χ1n) is 4.18. The van der Waals surface area contributed by atoms with Gasteiger partial charge in [-0.15, -0.1) is 0 Å². The van der Waals surface area contributed by atoms with Crippen molar-refractivity contribution in [3.8, 4) is 0 Å². The summed E-state index contributed by atoms with van der Waals surface area (Å²) in [6.45, 7) is 6.53. The van der Waals surface area contributed by atoms with Crippen LogP contribution in [0.2, 0.25) is 0 Å². The molecule has 0 saturated carbocycles. The van der Waals surface area contributed by atoms with E-state index in [1.807, 2.05) is 0 Å². The molecule has 0 bridgehead atoms. The van der Waals surface area contributed by atoms with Gasteiger partial charge in [-0.05, 0) is 27.7 Å². The lowest BCUT2D eigenvalue weighted by atomic mass is 10.1. The predicted octanol–water partition coefficient (Wildman–Crippen LogP) is 0.981. The Hall–Kier alpha value is -1.19. The highest BCUT2D eigenvalue weighted by atomic mass is 16.5. The van der Waals surface area contributed by atoms with Crippen LogP contribution in [0.1, 0.15) is 27.7 Å². The Bertz CT molecular complexity index is 258. The molecule has 14 heavy (non-hydrogen) atoms. The third-order valence-corrected chi connectivity index (χ3v) is 1.54. The molecule has 0 unspecified atom stereocenters. The molecule has 0 aromatic carbocycles. The van der Waals surface area contributed by atoms with Gasteiger partial charge in [-0.25, -0.2) is 9.59 Å². The zero-order chi connectivity index (χ0) is 11.4. The van der Waals surface area contributed by atoms with Gasteiger partial charge in [0, 0.05) is 0 Å². The van der Waals surface area contributed by atoms with Gasteiger partial charge < -0.3 is 9.84 Å². The van der Waals surface area contributed by atoms with Crippen LogP contribution in [0.3, 0.4) is 0 Å². The van der Waals surface area contributed by atoms with E-state index in [2.05, 4.69) is 4.99 Å². The van der Waals surface area contributed by atoms with E-state index in [-0.39, 0.29) is 6.61 Å². The summed E-state index contributed by atoms with van der Waals surface area (Å²) in [6, 6.07) is 0. The van der Waals surface area contributed by atoms with Crippen molar-refractivity contribution in [2.24, 2.45) is 4.99 Å². The largest absolute Gasteiger partial charge is 0.479 e. The van der Waals surface area contributed by atoms with Crippen LogP contribution in [-0.2, 0) is 14.3 Å². The van der Waals surface area contributed by atoms with Gasteiger partial charge >= 0.3 is 5.97 Å². The second-order valence-electron chi connectivity index (χ2n) is 4.18. The fourth-order valence-corrected chi connectivity index (χ4v) is 0.600. The third-order valence-electron chi connectivity index (χ3n) is 1.54. The Kier molecular flexibility index (Phi) is 3.98. The summed E-state index contributed by atoms with van der Waals surface area (Å²) < 4.78 is 5.25. The van der Waals surface area contributed by atoms with Crippen LogP contribution in [0.25, 0.3) is 0 Å². The van der Waals surface area contributed by atoms with Crippen molar-refractivity contribution in [2.75, 3.05) is 6.61 Å². The van der Waals surface area contributed by atoms with Crippen LogP contribution >= 0.6 is 0 Å². The number of hydrogen-bond acceptors (Lipinski definition) is 4. The minimum absolute atomic E-state index is 0.152. The van der Waals surface area contributed by atoms with E-state index in [1.165, 1.54) is 13.0 Å². The number of carboxylic acid groups (broad SMARTS) is 1. The van der Waals surface area contributed by atoms with E-state index in [1.54, 1.807) is 20.8 Å². The normalized spacial score (nSPS) is 15.4. The zero-order valence-corrected chi connectivity index (χ0v) is 8.83. The first-order valence-corrected chi connectivity index (χ1v) is 4.18. The van der Waals surface area contributed by atoms with Gasteiger partial charge in [-0.2, -0.15) is 4.99 Å². The molecule has 80 valence electrons. The number of carboxylic acids is 1. The second-order valence-corrected chi connectivity index (χ2v) is 4.18. The summed E-state index contributed by atoms with van der Waals surface area (Å²) in [5.41, 5.74) is -2.01. The summed E-state index contributed by atoms with van der Waals surface area (Å²) in [5, 5.41) is 8.81. The number of carbonyl (C=O) groups is 1. The number of hydrogen-bond donors (Lipinski definition) is 1. The SMILES string of the molecule is CC(C)(C)OC[C@@](C)(N=C=O)C(=O)O. The maximum absolute atomic E-state index is 10.8. The molecule has 0 amide bonds. The van der Waals surface area contributed by atoms with Gasteiger partial charge in [-0.1, -0.05) is 0 Å². The summed E-state index contributed by atoms with van der Waals surface area (Å²) in [6.07, 6.45) is 1.24. The molecule has 0 aromatic heterocycles. The molecule has 1 atom stereocenters. The smallest absolute Gasteiger partial charge is 0.334 e. The first-order chi connectivity index (χ1) is 6.21. The van der Waals surface area contributed by atoms with Crippen molar-refractivity contribution in [1.29, 1.82) is 0 Å². The molecule has 0 saturated heterocycles. The lowest BCUT2D eigenvalue weighted by molar-refractivity contribution is -0.147. The highest BCUT2D eigenvalue weighted by Gasteiger charge is 2.34. The monoisotopic (exact) mass is 201 g/mol. The molecule has 0 rings (SSSR count). The van der Waals surface area contributed by atoms with E-state index in [0.717, 1.165) is 0 Å². The molecule has 0 aromatic rings. The van der Waals surface area contributed by atoms with Gasteiger partial charge in [-0.3, -0.25) is 0 Å². The average molecular weight is 201 g/mol. The number of isocyanates is 1. The van der Waals surface area contributed by atoms with Crippen molar-refractivity contribution in [3.63, 3.8) is 0 Å². The molecule has 0 fully saturated rings. The number of carbonyl (C=O) groups excluding carboxylic acids is 1. The van der Waals surface area contributed by atoms with Crippen molar-refractivity contribution < 1.29 is 19.4 Å². The maximum Gasteiger partial charge on any atom is 0.334 e. The fourth-order valence-electron chi connectivity index (χ4n) is 0.600. The molecule has 5 heteroatoms. The van der Waals surface area contributed by atoms with Gasteiger partial charge in [0.2, 0.25) is 6.08 Å². The standard InChI is InChI=1S/C9H15NO4/c1-8(2,3)14-5-9(4,7(12)13)10-6-11/h5H2,1-4H3,(H,12,13)/t9-/m1/s1. The minimum atomic E-state index is -1.55. The van der Waals surface area contributed by atoms with Crippen LogP contribution in [0.5, 0.6) is 0 Å². The van der Waals surface area contributed by atoms with Crippen LogP contribution in [0.15, 0.2) is 4.99 Å². The Morgan fingerprint density at radius 2 is 1.93 bits per heavy atom. The van der Waals surface area contributed by atoms with Crippen molar-refractivity contribution in [1.82, 2.24) is 0 Å².